The highest BCUT2D eigenvalue weighted by atomic mass is 16.4. The summed E-state index contributed by atoms with van der Waals surface area (Å²) in [6.07, 6.45) is 6.78. The van der Waals surface area contributed by atoms with E-state index in [-0.39, 0.29) is 10.8 Å². The van der Waals surface area contributed by atoms with E-state index in [9.17, 15) is 0 Å². The number of carboxylic acids is 1. The van der Waals surface area contributed by atoms with Gasteiger partial charge in [-0.2, -0.15) is 4.58 Å². The standard InChI is InChI=1S/C25H29N2.C2H4O2/c1-24(2)18-12-7-9-14-20(18)26(5)22(24)16-11-17-23-25(3,4)19-13-8-10-15-21(19)27(23)6;1-2(3)4/h7-17H,1-6H3;1H3,(H,3,4)/q+1;/p-1. The minimum Gasteiger partial charge on any atom is -0.550 e. The molecular weight excluding hydrogens is 384 g/mol. The van der Waals surface area contributed by atoms with E-state index in [1.54, 1.807) is 0 Å². The summed E-state index contributed by atoms with van der Waals surface area (Å²) in [5.74, 6) is -1.08. The number of carbonyl (C=O) groups is 1. The van der Waals surface area contributed by atoms with Gasteiger partial charge in [-0.25, -0.2) is 0 Å². The van der Waals surface area contributed by atoms with Gasteiger partial charge >= 0.3 is 0 Å². The van der Waals surface area contributed by atoms with Crippen LogP contribution in [0.4, 0.5) is 11.4 Å². The number of anilines is 1. The molecule has 162 valence electrons. The lowest BCUT2D eigenvalue weighted by Gasteiger charge is -2.23. The summed E-state index contributed by atoms with van der Waals surface area (Å²) in [5, 5.41) is 8.89. The Labute approximate surface area is 185 Å². The van der Waals surface area contributed by atoms with Crippen LogP contribution in [0.25, 0.3) is 0 Å². The number of hydrogen-bond acceptors (Lipinski definition) is 3. The lowest BCUT2D eigenvalue weighted by Crippen LogP contribution is -2.26. The first kappa shape index (κ1) is 22.5. The molecule has 0 saturated heterocycles. The van der Waals surface area contributed by atoms with Crippen LogP contribution in [0.1, 0.15) is 45.7 Å². The molecule has 2 aromatic carbocycles. The maximum Gasteiger partial charge on any atom is 0.209 e. The molecular formula is C27H32N2O2. The maximum absolute atomic E-state index is 8.89. The fraction of sp³-hybridized carbons (Fsp3) is 0.333. The summed E-state index contributed by atoms with van der Waals surface area (Å²) in [6.45, 7) is 10.2. The number of allylic oxidation sites excluding steroid dienone is 4. The number of fused-ring (bicyclic) bond motifs is 2. The molecule has 0 N–H and O–H groups in total. The van der Waals surface area contributed by atoms with Crippen molar-refractivity contribution in [3.63, 3.8) is 0 Å². The molecule has 2 heterocycles. The maximum atomic E-state index is 8.89. The Kier molecular flexibility index (Phi) is 5.95. The van der Waals surface area contributed by atoms with Crippen molar-refractivity contribution >= 4 is 23.1 Å². The van der Waals surface area contributed by atoms with Gasteiger partial charge in [0.1, 0.15) is 7.05 Å². The number of nitrogens with zero attached hydrogens (tertiary/aromatic N) is 2. The van der Waals surface area contributed by atoms with Crippen LogP contribution in [0.2, 0.25) is 0 Å². The Bertz CT molecular complexity index is 1100. The van der Waals surface area contributed by atoms with Crippen molar-refractivity contribution in [2.24, 2.45) is 0 Å². The second-order valence-corrected chi connectivity index (χ2v) is 9.19. The Morgan fingerprint density at radius 1 is 0.968 bits per heavy atom. The smallest absolute Gasteiger partial charge is 0.209 e. The summed E-state index contributed by atoms with van der Waals surface area (Å²) in [4.78, 5) is 11.2. The van der Waals surface area contributed by atoms with E-state index in [1.807, 2.05) is 0 Å². The van der Waals surface area contributed by atoms with Gasteiger partial charge in [0.25, 0.3) is 0 Å². The highest BCUT2D eigenvalue weighted by Gasteiger charge is 2.42. The summed E-state index contributed by atoms with van der Waals surface area (Å²) < 4.78 is 2.32. The van der Waals surface area contributed by atoms with Crippen molar-refractivity contribution in [3.05, 3.63) is 83.6 Å². The number of benzene rings is 2. The number of carbonyl (C=O) groups excluding carboxylic acids is 1. The van der Waals surface area contributed by atoms with E-state index in [2.05, 4.69) is 118 Å². The van der Waals surface area contributed by atoms with Gasteiger partial charge in [-0.1, -0.05) is 56.3 Å². The van der Waals surface area contributed by atoms with Crippen molar-refractivity contribution in [1.82, 2.24) is 0 Å². The van der Waals surface area contributed by atoms with Crippen molar-refractivity contribution in [2.75, 3.05) is 19.0 Å². The molecule has 4 nitrogen and oxygen atoms in total. The molecule has 0 aromatic heterocycles. The second-order valence-electron chi connectivity index (χ2n) is 9.19. The molecule has 0 saturated carbocycles. The lowest BCUT2D eigenvalue weighted by atomic mass is 9.81. The molecule has 2 aliphatic rings. The number of aliphatic carboxylic acids is 1. The molecule has 0 atom stereocenters. The Hall–Kier alpha value is -3.14. The lowest BCUT2D eigenvalue weighted by molar-refractivity contribution is -0.401. The summed E-state index contributed by atoms with van der Waals surface area (Å²) >= 11 is 0. The van der Waals surface area contributed by atoms with Gasteiger partial charge in [-0.15, -0.1) is 0 Å². The topological polar surface area (TPSA) is 46.4 Å². The van der Waals surface area contributed by atoms with E-state index in [0.717, 1.165) is 6.92 Å². The van der Waals surface area contributed by atoms with Crippen LogP contribution in [0.3, 0.4) is 0 Å². The molecule has 0 unspecified atom stereocenters. The molecule has 31 heavy (non-hydrogen) atoms. The van der Waals surface area contributed by atoms with Crippen molar-refractivity contribution in [2.45, 2.75) is 45.4 Å². The van der Waals surface area contributed by atoms with Gasteiger partial charge in [0.2, 0.25) is 5.69 Å². The summed E-state index contributed by atoms with van der Waals surface area (Å²) in [6, 6.07) is 17.4. The van der Waals surface area contributed by atoms with Crippen LogP contribution in [-0.4, -0.2) is 30.4 Å². The first-order valence-electron chi connectivity index (χ1n) is 10.6. The fourth-order valence-electron chi connectivity index (χ4n) is 4.83. The number of hydrogen-bond donors (Lipinski definition) is 0. The third-order valence-corrected chi connectivity index (χ3v) is 6.39. The minimum atomic E-state index is -1.08. The molecule has 0 radical (unpaired) electrons. The third kappa shape index (κ3) is 3.95. The van der Waals surface area contributed by atoms with Crippen LogP contribution in [0.5, 0.6) is 0 Å². The van der Waals surface area contributed by atoms with Crippen LogP contribution in [0, 0.1) is 0 Å². The highest BCUT2D eigenvalue weighted by Crippen LogP contribution is 2.46. The van der Waals surface area contributed by atoms with E-state index >= 15 is 0 Å². The average Bonchev–Trinajstić information content (AvgIpc) is 3.02. The largest absolute Gasteiger partial charge is 0.550 e. The van der Waals surface area contributed by atoms with Crippen LogP contribution in [-0.2, 0) is 15.6 Å². The van der Waals surface area contributed by atoms with E-state index in [1.165, 1.54) is 33.9 Å². The SMILES string of the molecule is CC(=O)[O-].CN1/C(=C/C=C/C2=[N+](C)c3ccccc3C2(C)C)C(C)(C)c2ccccc21. The number of likely N-dealkylation sites (N-methyl/N-ethyl adjacent to an activating group) is 1. The van der Waals surface area contributed by atoms with Crippen molar-refractivity contribution in [1.29, 1.82) is 0 Å². The average molecular weight is 417 g/mol. The number of para-hydroxylation sites is 2. The molecule has 4 heteroatoms. The molecule has 0 bridgehead atoms. The normalized spacial score (nSPS) is 19.3. The van der Waals surface area contributed by atoms with Gasteiger partial charge in [0.05, 0.1) is 5.41 Å². The molecule has 0 aliphatic carbocycles. The molecule has 0 fully saturated rings. The van der Waals surface area contributed by atoms with Crippen LogP contribution in [0.15, 0.2) is 72.5 Å². The van der Waals surface area contributed by atoms with Gasteiger partial charge in [-0.05, 0) is 38.5 Å². The van der Waals surface area contributed by atoms with E-state index in [0.29, 0.717) is 0 Å². The quantitative estimate of drug-likeness (QED) is 0.685. The Morgan fingerprint density at radius 3 is 2.10 bits per heavy atom. The van der Waals surface area contributed by atoms with Crippen LogP contribution >= 0.6 is 0 Å². The third-order valence-electron chi connectivity index (χ3n) is 6.39. The van der Waals surface area contributed by atoms with Gasteiger partial charge in [0, 0.05) is 47.5 Å². The highest BCUT2D eigenvalue weighted by molar-refractivity contribution is 6.03. The Morgan fingerprint density at radius 2 is 1.52 bits per heavy atom. The molecule has 0 amide bonds. The first-order valence-corrected chi connectivity index (χ1v) is 10.6. The molecule has 0 spiro atoms. The van der Waals surface area contributed by atoms with Crippen LogP contribution < -0.4 is 10.0 Å². The zero-order valence-electron chi connectivity index (χ0n) is 19.6. The monoisotopic (exact) mass is 416 g/mol. The molecule has 2 aliphatic heterocycles. The van der Waals surface area contributed by atoms with Gasteiger partial charge in [-0.3, -0.25) is 0 Å². The van der Waals surface area contributed by atoms with E-state index < -0.39 is 5.97 Å². The zero-order chi connectivity index (χ0) is 23.0. The minimum absolute atomic E-state index is 0.0143. The summed E-state index contributed by atoms with van der Waals surface area (Å²) in [5.41, 5.74) is 8.09. The van der Waals surface area contributed by atoms with Gasteiger partial charge in [0.15, 0.2) is 5.71 Å². The number of rotatable bonds is 2. The predicted octanol–water partition coefficient (Wildman–Crippen LogP) is 4.32. The van der Waals surface area contributed by atoms with Gasteiger partial charge < -0.3 is 14.8 Å². The zero-order valence-corrected chi connectivity index (χ0v) is 19.6. The Balaban J connectivity index is 0.000000628. The summed E-state index contributed by atoms with van der Waals surface area (Å²) in [7, 11) is 4.34. The van der Waals surface area contributed by atoms with Crippen molar-refractivity contribution in [3.8, 4) is 0 Å². The predicted molar refractivity (Wildman–Crippen MR) is 126 cm³/mol. The fourth-order valence-corrected chi connectivity index (χ4v) is 4.83. The molecule has 2 aromatic rings. The van der Waals surface area contributed by atoms with E-state index in [4.69, 9.17) is 9.90 Å². The number of carboxylic acid groups (broad SMARTS) is 1. The van der Waals surface area contributed by atoms with Crippen molar-refractivity contribution < 1.29 is 14.5 Å². The molecule has 4 rings (SSSR count). The second kappa shape index (κ2) is 8.18. The first-order chi connectivity index (χ1) is 14.5.